The van der Waals surface area contributed by atoms with Gasteiger partial charge in [0, 0.05) is 5.54 Å². The molecule has 7 heteroatoms. The van der Waals surface area contributed by atoms with E-state index in [1.807, 2.05) is 0 Å². The Morgan fingerprint density at radius 3 is 2.21 bits per heavy atom. The molecule has 0 aliphatic rings. The van der Waals surface area contributed by atoms with E-state index in [4.69, 9.17) is 5.11 Å². The molecule has 0 aliphatic carbocycles. The highest BCUT2D eigenvalue weighted by atomic mass is 32.2. The predicted octanol–water partition coefficient (Wildman–Crippen LogP) is 0.817. The average Bonchev–Trinajstić information content (AvgIpc) is 2.13. The van der Waals surface area contributed by atoms with Crippen molar-refractivity contribution in [3.05, 3.63) is 0 Å². The number of nitrogens with one attached hydrogen (secondary N) is 1. The summed E-state index contributed by atoms with van der Waals surface area (Å²) in [5.74, 6) is -2.44. The Kier molecular flexibility index (Phi) is 6.48. The molecule has 1 amide bonds. The summed E-state index contributed by atoms with van der Waals surface area (Å²) in [6.45, 7) is 6.89. The van der Waals surface area contributed by atoms with E-state index < -0.39 is 33.0 Å². The molecule has 1 unspecified atom stereocenters. The van der Waals surface area contributed by atoms with Crippen LogP contribution in [-0.2, 0) is 19.4 Å². The smallest absolute Gasteiger partial charge is 0.305 e. The molecule has 112 valence electrons. The molecule has 0 bridgehead atoms. The first-order valence-corrected chi connectivity index (χ1v) is 8.08. The molecule has 19 heavy (non-hydrogen) atoms. The molecule has 6 nitrogen and oxygen atoms in total. The Morgan fingerprint density at radius 1 is 1.32 bits per heavy atom. The first-order valence-electron chi connectivity index (χ1n) is 6.25. The minimum absolute atomic E-state index is 0.0439. The maximum atomic E-state index is 11.8. The van der Waals surface area contributed by atoms with Gasteiger partial charge in [-0.15, -0.1) is 0 Å². The highest BCUT2D eigenvalue weighted by Gasteiger charge is 2.33. The van der Waals surface area contributed by atoms with Gasteiger partial charge in [0.1, 0.15) is 5.75 Å². The molecule has 0 aromatic heterocycles. The fourth-order valence-electron chi connectivity index (χ4n) is 1.64. The lowest BCUT2D eigenvalue weighted by Gasteiger charge is -2.33. The Labute approximate surface area is 114 Å². The molecule has 2 N–H and O–H groups in total. The third-order valence-electron chi connectivity index (χ3n) is 3.08. The molecule has 0 rings (SSSR count). The van der Waals surface area contributed by atoms with Crippen molar-refractivity contribution >= 4 is 21.7 Å². The van der Waals surface area contributed by atoms with Gasteiger partial charge in [-0.3, -0.25) is 9.59 Å². The van der Waals surface area contributed by atoms with Crippen molar-refractivity contribution in [2.24, 2.45) is 5.92 Å². The number of carbonyl (C=O) groups excluding carboxylic acids is 1. The van der Waals surface area contributed by atoms with Crippen molar-refractivity contribution in [3.63, 3.8) is 0 Å². The Hall–Kier alpha value is -1.11. The molecule has 0 heterocycles. The molecule has 0 radical (unpaired) electrons. The number of carboxylic acid groups (broad SMARTS) is 1. The highest BCUT2D eigenvalue weighted by molar-refractivity contribution is 7.92. The average molecular weight is 293 g/mol. The van der Waals surface area contributed by atoms with E-state index in [-0.39, 0.29) is 18.1 Å². The fraction of sp³-hybridized carbons (Fsp3) is 0.833. The van der Waals surface area contributed by atoms with E-state index >= 15 is 0 Å². The molecule has 0 saturated carbocycles. The maximum Gasteiger partial charge on any atom is 0.305 e. The van der Waals surface area contributed by atoms with Crippen molar-refractivity contribution in [3.8, 4) is 0 Å². The van der Waals surface area contributed by atoms with Gasteiger partial charge < -0.3 is 10.4 Å². The summed E-state index contributed by atoms with van der Waals surface area (Å²) in [6.07, 6.45) is 0.205. The van der Waals surface area contributed by atoms with E-state index in [0.717, 1.165) is 0 Å². The number of carboxylic acids is 1. The minimum Gasteiger partial charge on any atom is -0.481 e. The normalized spacial score (nSPS) is 15.0. The van der Waals surface area contributed by atoms with Crippen LogP contribution in [0.2, 0.25) is 0 Å². The topological polar surface area (TPSA) is 101 Å². The number of aliphatic carboxylic acids is 1. The van der Waals surface area contributed by atoms with E-state index in [9.17, 15) is 18.0 Å². The van der Waals surface area contributed by atoms with Gasteiger partial charge in [-0.05, 0) is 19.3 Å². The van der Waals surface area contributed by atoms with Gasteiger partial charge >= 0.3 is 5.97 Å². The third kappa shape index (κ3) is 6.56. The van der Waals surface area contributed by atoms with E-state index in [1.54, 1.807) is 27.7 Å². The van der Waals surface area contributed by atoms with Crippen molar-refractivity contribution in [2.75, 3.05) is 11.5 Å². The van der Waals surface area contributed by atoms with Gasteiger partial charge in [0.25, 0.3) is 0 Å². The number of rotatable bonds is 8. The van der Waals surface area contributed by atoms with Crippen LogP contribution in [0.4, 0.5) is 0 Å². The SMILES string of the molecule is CCCS(=O)(=O)CC(=O)NC(C)(CC(=O)O)C(C)C. The van der Waals surface area contributed by atoms with Crippen molar-refractivity contribution < 1.29 is 23.1 Å². The summed E-state index contributed by atoms with van der Waals surface area (Å²) in [6, 6.07) is 0. The van der Waals surface area contributed by atoms with Crippen molar-refractivity contribution in [1.82, 2.24) is 5.32 Å². The second-order valence-corrected chi connectivity index (χ2v) is 7.47. The molecule has 0 aliphatic heterocycles. The van der Waals surface area contributed by atoms with Crippen LogP contribution in [0.3, 0.4) is 0 Å². The zero-order valence-corrected chi connectivity index (χ0v) is 12.7. The molecule has 0 fully saturated rings. The summed E-state index contributed by atoms with van der Waals surface area (Å²) in [5, 5.41) is 11.4. The second kappa shape index (κ2) is 6.88. The van der Waals surface area contributed by atoms with E-state index in [0.29, 0.717) is 6.42 Å². The molecular weight excluding hydrogens is 270 g/mol. The maximum absolute atomic E-state index is 11.8. The number of hydrogen-bond donors (Lipinski definition) is 2. The van der Waals surface area contributed by atoms with E-state index in [1.165, 1.54) is 0 Å². The summed E-state index contributed by atoms with van der Waals surface area (Å²) < 4.78 is 23.1. The first kappa shape index (κ1) is 17.9. The summed E-state index contributed by atoms with van der Waals surface area (Å²) in [7, 11) is -3.42. The van der Waals surface area contributed by atoms with Crippen molar-refractivity contribution in [1.29, 1.82) is 0 Å². The van der Waals surface area contributed by atoms with Crippen LogP contribution in [0.25, 0.3) is 0 Å². The lowest BCUT2D eigenvalue weighted by Crippen LogP contribution is -2.52. The van der Waals surface area contributed by atoms with Crippen LogP contribution in [0.15, 0.2) is 0 Å². The Bertz CT molecular complexity index is 429. The predicted molar refractivity (Wildman–Crippen MR) is 72.6 cm³/mol. The lowest BCUT2D eigenvalue weighted by molar-refractivity contribution is -0.139. The van der Waals surface area contributed by atoms with E-state index in [2.05, 4.69) is 5.32 Å². The highest BCUT2D eigenvalue weighted by Crippen LogP contribution is 2.20. The van der Waals surface area contributed by atoms with Gasteiger partial charge in [-0.2, -0.15) is 0 Å². The second-order valence-electron chi connectivity index (χ2n) is 5.28. The fourth-order valence-corrected chi connectivity index (χ4v) is 2.88. The monoisotopic (exact) mass is 293 g/mol. The van der Waals surface area contributed by atoms with Crippen LogP contribution >= 0.6 is 0 Å². The number of sulfone groups is 1. The first-order chi connectivity index (χ1) is 8.52. The largest absolute Gasteiger partial charge is 0.481 e. The molecule has 0 spiro atoms. The number of amides is 1. The van der Waals surface area contributed by atoms with Crippen LogP contribution in [0, 0.1) is 5.92 Å². The zero-order chi connectivity index (χ0) is 15.3. The molecule has 0 aromatic carbocycles. The van der Waals surface area contributed by atoms with Crippen LogP contribution in [-0.4, -0.2) is 42.4 Å². The summed E-state index contributed by atoms with van der Waals surface area (Å²) >= 11 is 0. The number of hydrogen-bond acceptors (Lipinski definition) is 4. The van der Waals surface area contributed by atoms with Crippen LogP contribution in [0.1, 0.15) is 40.5 Å². The summed E-state index contributed by atoms with van der Waals surface area (Å²) in [4.78, 5) is 22.6. The van der Waals surface area contributed by atoms with Crippen molar-refractivity contribution in [2.45, 2.75) is 46.1 Å². The van der Waals surface area contributed by atoms with Gasteiger partial charge in [-0.25, -0.2) is 8.42 Å². The standard InChI is InChI=1S/C12H23NO5S/c1-5-6-19(17,18)8-10(14)13-12(4,9(2)3)7-11(15)16/h9H,5-8H2,1-4H3,(H,13,14)(H,15,16). The molecule has 0 aromatic rings. The zero-order valence-electron chi connectivity index (χ0n) is 11.9. The van der Waals surface area contributed by atoms with Gasteiger partial charge in [0.15, 0.2) is 9.84 Å². The van der Waals surface area contributed by atoms with Gasteiger partial charge in [0.05, 0.1) is 12.2 Å². The van der Waals surface area contributed by atoms with Gasteiger partial charge in [-0.1, -0.05) is 20.8 Å². The molecule has 0 saturated heterocycles. The quantitative estimate of drug-likeness (QED) is 0.690. The third-order valence-corrected chi connectivity index (χ3v) is 4.82. The Balaban J connectivity index is 4.79. The lowest BCUT2D eigenvalue weighted by atomic mass is 9.85. The molecular formula is C12H23NO5S. The van der Waals surface area contributed by atoms with Crippen LogP contribution in [0.5, 0.6) is 0 Å². The minimum atomic E-state index is -3.42. The number of carbonyl (C=O) groups is 2. The summed E-state index contributed by atoms with van der Waals surface area (Å²) in [5.41, 5.74) is -0.954. The van der Waals surface area contributed by atoms with Crippen LogP contribution < -0.4 is 5.32 Å². The van der Waals surface area contributed by atoms with Gasteiger partial charge in [0.2, 0.25) is 5.91 Å². The molecule has 1 atom stereocenters. The Morgan fingerprint density at radius 2 is 1.84 bits per heavy atom.